The lowest BCUT2D eigenvalue weighted by molar-refractivity contribution is 0.0941. The average molecular weight is 434 g/mol. The highest BCUT2D eigenvalue weighted by atomic mass is 35.5. The van der Waals surface area contributed by atoms with E-state index in [0.717, 1.165) is 11.3 Å². The van der Waals surface area contributed by atoms with Crippen molar-refractivity contribution >= 4 is 29.1 Å². The summed E-state index contributed by atoms with van der Waals surface area (Å²) in [6, 6.07) is 14.3. The Labute approximate surface area is 179 Å². The molecule has 3 rings (SSSR count). The third-order valence-corrected chi connectivity index (χ3v) is 5.03. The van der Waals surface area contributed by atoms with Crippen LogP contribution < -0.4 is 10.1 Å². The van der Waals surface area contributed by atoms with Crippen LogP contribution >= 0.6 is 23.2 Å². The highest BCUT2D eigenvalue weighted by molar-refractivity contribution is 6.42. The first-order chi connectivity index (χ1) is 14.0. The molecule has 0 unspecified atom stereocenters. The van der Waals surface area contributed by atoms with Gasteiger partial charge in [0.2, 0.25) is 0 Å². The van der Waals surface area contributed by atoms with E-state index in [1.165, 1.54) is 0 Å². The van der Waals surface area contributed by atoms with E-state index in [9.17, 15) is 4.79 Å². The molecule has 0 saturated carbocycles. The molecule has 6 nitrogen and oxygen atoms in total. The number of hydrogen-bond donors (Lipinski definition) is 1. The van der Waals surface area contributed by atoms with E-state index in [4.69, 9.17) is 32.7 Å². The van der Waals surface area contributed by atoms with Crippen molar-refractivity contribution in [3.05, 3.63) is 64.3 Å². The molecule has 0 bridgehead atoms. The molecule has 2 aromatic carbocycles. The van der Waals surface area contributed by atoms with Crippen molar-refractivity contribution in [2.24, 2.45) is 0 Å². The van der Waals surface area contributed by atoms with E-state index in [-0.39, 0.29) is 5.91 Å². The van der Waals surface area contributed by atoms with Crippen LogP contribution in [0.25, 0.3) is 16.9 Å². The Balaban J connectivity index is 1.98. The van der Waals surface area contributed by atoms with Gasteiger partial charge in [-0.15, -0.1) is 0 Å². The summed E-state index contributed by atoms with van der Waals surface area (Å²) in [6.45, 7) is 1.07. The van der Waals surface area contributed by atoms with Gasteiger partial charge in [-0.05, 0) is 55.0 Å². The second-order valence-corrected chi connectivity index (χ2v) is 7.07. The first-order valence-electron chi connectivity index (χ1n) is 9.00. The number of halogens is 2. The second-order valence-electron chi connectivity index (χ2n) is 6.26. The minimum absolute atomic E-state index is 0.237. The molecule has 0 atom stereocenters. The quantitative estimate of drug-likeness (QED) is 0.526. The van der Waals surface area contributed by atoms with Crippen molar-refractivity contribution in [2.45, 2.75) is 6.42 Å². The SMILES string of the molecule is COCCCNC(=O)c1cc(-c2ccc(OC)cc2)nn1-c1ccc(Cl)c(Cl)c1. The van der Waals surface area contributed by atoms with E-state index in [0.29, 0.717) is 46.7 Å². The molecule has 0 fully saturated rings. The van der Waals surface area contributed by atoms with Gasteiger partial charge in [0.1, 0.15) is 11.4 Å². The van der Waals surface area contributed by atoms with Crippen LogP contribution in [0.5, 0.6) is 5.75 Å². The number of carbonyl (C=O) groups excluding carboxylic acids is 1. The Hall–Kier alpha value is -2.54. The molecule has 1 heterocycles. The Morgan fingerprint density at radius 2 is 1.83 bits per heavy atom. The summed E-state index contributed by atoms with van der Waals surface area (Å²) in [4.78, 5) is 12.8. The summed E-state index contributed by atoms with van der Waals surface area (Å²) >= 11 is 12.2. The van der Waals surface area contributed by atoms with E-state index in [1.54, 1.807) is 43.2 Å². The van der Waals surface area contributed by atoms with E-state index in [2.05, 4.69) is 10.4 Å². The molecular weight excluding hydrogens is 413 g/mol. The Morgan fingerprint density at radius 1 is 1.07 bits per heavy atom. The smallest absolute Gasteiger partial charge is 0.270 e. The van der Waals surface area contributed by atoms with Crippen molar-refractivity contribution in [1.29, 1.82) is 0 Å². The van der Waals surface area contributed by atoms with E-state index >= 15 is 0 Å². The molecule has 152 valence electrons. The summed E-state index contributed by atoms with van der Waals surface area (Å²) in [7, 11) is 3.24. The third kappa shape index (κ3) is 5.09. The predicted octanol–water partition coefficient (Wildman–Crippen LogP) is 4.62. The van der Waals surface area contributed by atoms with Gasteiger partial charge >= 0.3 is 0 Å². The third-order valence-electron chi connectivity index (χ3n) is 4.29. The van der Waals surface area contributed by atoms with Crippen LogP contribution in [0.2, 0.25) is 10.0 Å². The summed E-state index contributed by atoms with van der Waals surface area (Å²) in [5, 5.41) is 8.35. The van der Waals surface area contributed by atoms with Gasteiger partial charge in [0.15, 0.2) is 0 Å². The lowest BCUT2D eigenvalue weighted by Crippen LogP contribution is -2.27. The largest absolute Gasteiger partial charge is 0.497 e. The number of amides is 1. The number of carbonyl (C=O) groups is 1. The standard InChI is InChI=1S/C21H21Cl2N3O3/c1-28-11-3-10-24-21(27)20-13-19(14-4-7-16(29-2)8-5-14)25-26(20)15-6-9-17(22)18(23)12-15/h4-9,12-13H,3,10-11H2,1-2H3,(H,24,27). The fourth-order valence-corrected chi connectivity index (χ4v) is 3.06. The zero-order valence-electron chi connectivity index (χ0n) is 16.1. The first kappa shape index (κ1) is 21.2. The maximum atomic E-state index is 12.8. The molecule has 0 aliphatic heterocycles. The second kappa shape index (κ2) is 9.78. The van der Waals surface area contributed by atoms with Crippen LogP contribution in [0.3, 0.4) is 0 Å². The van der Waals surface area contributed by atoms with Gasteiger partial charge in [0.25, 0.3) is 5.91 Å². The van der Waals surface area contributed by atoms with Crippen LogP contribution in [0.15, 0.2) is 48.5 Å². The number of methoxy groups -OCH3 is 2. The summed E-state index contributed by atoms with van der Waals surface area (Å²) in [6.07, 6.45) is 0.717. The average Bonchev–Trinajstić information content (AvgIpc) is 3.19. The van der Waals surface area contributed by atoms with Crippen molar-refractivity contribution in [3.8, 4) is 22.7 Å². The molecule has 1 amide bonds. The molecule has 0 aliphatic carbocycles. The van der Waals surface area contributed by atoms with Crippen molar-refractivity contribution in [3.63, 3.8) is 0 Å². The monoisotopic (exact) mass is 433 g/mol. The fraction of sp³-hybridized carbons (Fsp3) is 0.238. The normalized spacial score (nSPS) is 10.8. The molecule has 0 spiro atoms. The molecule has 1 aromatic heterocycles. The number of hydrogen-bond acceptors (Lipinski definition) is 4. The fourth-order valence-electron chi connectivity index (χ4n) is 2.77. The maximum Gasteiger partial charge on any atom is 0.270 e. The van der Waals surface area contributed by atoms with Gasteiger partial charge < -0.3 is 14.8 Å². The number of nitrogens with zero attached hydrogens (tertiary/aromatic N) is 2. The number of rotatable bonds is 8. The van der Waals surface area contributed by atoms with Crippen LogP contribution in [-0.2, 0) is 4.74 Å². The van der Waals surface area contributed by atoms with E-state index < -0.39 is 0 Å². The van der Waals surface area contributed by atoms with Gasteiger partial charge in [-0.2, -0.15) is 5.10 Å². The number of ether oxygens (including phenoxy) is 2. The van der Waals surface area contributed by atoms with Gasteiger partial charge in [0, 0.05) is 25.8 Å². The molecular formula is C21H21Cl2N3O3. The molecule has 29 heavy (non-hydrogen) atoms. The molecule has 1 N–H and O–H groups in total. The van der Waals surface area contributed by atoms with Crippen LogP contribution in [0.4, 0.5) is 0 Å². The number of nitrogens with one attached hydrogen (secondary N) is 1. The zero-order chi connectivity index (χ0) is 20.8. The lowest BCUT2D eigenvalue weighted by Gasteiger charge is -2.09. The lowest BCUT2D eigenvalue weighted by atomic mass is 10.1. The molecule has 8 heteroatoms. The Bertz CT molecular complexity index is 987. The Morgan fingerprint density at radius 3 is 2.48 bits per heavy atom. The summed E-state index contributed by atoms with van der Waals surface area (Å²) in [5.74, 6) is 0.508. The molecule has 0 aliphatic rings. The molecule has 0 radical (unpaired) electrons. The highest BCUT2D eigenvalue weighted by Gasteiger charge is 2.18. The maximum absolute atomic E-state index is 12.8. The van der Waals surface area contributed by atoms with Gasteiger partial charge in [-0.25, -0.2) is 4.68 Å². The number of benzene rings is 2. The van der Waals surface area contributed by atoms with Gasteiger partial charge in [-0.3, -0.25) is 4.79 Å². The van der Waals surface area contributed by atoms with Crippen LogP contribution in [0, 0.1) is 0 Å². The predicted molar refractivity (Wildman–Crippen MR) is 114 cm³/mol. The van der Waals surface area contributed by atoms with Crippen LogP contribution in [-0.4, -0.2) is 43.1 Å². The minimum Gasteiger partial charge on any atom is -0.497 e. The first-order valence-corrected chi connectivity index (χ1v) is 9.76. The molecule has 3 aromatic rings. The van der Waals surface area contributed by atoms with Crippen molar-refractivity contribution in [2.75, 3.05) is 27.4 Å². The highest BCUT2D eigenvalue weighted by Crippen LogP contribution is 2.27. The van der Waals surface area contributed by atoms with E-state index in [1.807, 2.05) is 24.3 Å². The Kier molecular flexibility index (Phi) is 7.14. The molecule has 0 saturated heterocycles. The van der Waals surface area contributed by atoms with Gasteiger partial charge in [-0.1, -0.05) is 23.2 Å². The topological polar surface area (TPSA) is 65.4 Å². The minimum atomic E-state index is -0.237. The van der Waals surface area contributed by atoms with Gasteiger partial charge in [0.05, 0.1) is 28.5 Å². The summed E-state index contributed by atoms with van der Waals surface area (Å²) < 4.78 is 11.8. The van der Waals surface area contributed by atoms with Crippen molar-refractivity contribution < 1.29 is 14.3 Å². The van der Waals surface area contributed by atoms with Crippen molar-refractivity contribution in [1.82, 2.24) is 15.1 Å². The summed E-state index contributed by atoms with van der Waals surface area (Å²) in [5.41, 5.74) is 2.55. The zero-order valence-corrected chi connectivity index (χ0v) is 17.6. The number of aromatic nitrogens is 2. The van der Waals surface area contributed by atoms with Crippen LogP contribution in [0.1, 0.15) is 16.9 Å².